The summed E-state index contributed by atoms with van der Waals surface area (Å²) in [5.74, 6) is -0.208. The Morgan fingerprint density at radius 2 is 1.00 bits per heavy atom. The molecule has 0 aliphatic carbocycles. The summed E-state index contributed by atoms with van der Waals surface area (Å²) in [5, 5.41) is 1.84. The van der Waals surface area contributed by atoms with E-state index in [1.54, 1.807) is 12.1 Å². The quantitative estimate of drug-likeness (QED) is 0.308. The average Bonchev–Trinajstić information content (AvgIpc) is 3.18. The lowest BCUT2D eigenvalue weighted by atomic mass is 9.99. The van der Waals surface area contributed by atoms with Gasteiger partial charge in [-0.25, -0.2) is 4.39 Å². The van der Waals surface area contributed by atoms with Gasteiger partial charge in [-0.2, -0.15) is 0 Å². The van der Waals surface area contributed by atoms with Gasteiger partial charge in [0, 0.05) is 21.9 Å². The van der Waals surface area contributed by atoms with Crippen LogP contribution >= 0.6 is 0 Å². The van der Waals surface area contributed by atoms with E-state index >= 15 is 0 Å². The van der Waals surface area contributed by atoms with Crippen LogP contribution in [-0.4, -0.2) is 4.40 Å². The van der Waals surface area contributed by atoms with Crippen LogP contribution in [0.15, 0.2) is 97.1 Å². The Labute approximate surface area is 161 Å². The molecule has 1 nitrogen and oxygen atoms in total. The Morgan fingerprint density at radius 3 is 1.46 bits per heavy atom. The molecule has 132 valence electrons. The van der Waals surface area contributed by atoms with E-state index in [-0.39, 0.29) is 5.82 Å². The summed E-state index contributed by atoms with van der Waals surface area (Å²) >= 11 is 0. The molecular formula is C26H16FN. The van der Waals surface area contributed by atoms with Crippen molar-refractivity contribution >= 4 is 27.3 Å². The molecule has 6 aromatic rings. The Kier molecular flexibility index (Phi) is 3.12. The minimum atomic E-state index is -0.208. The van der Waals surface area contributed by atoms with Crippen molar-refractivity contribution in [3.63, 3.8) is 0 Å². The number of nitrogens with zero attached hydrogens (tertiary/aromatic N) is 1. The third kappa shape index (κ3) is 2.12. The van der Waals surface area contributed by atoms with Gasteiger partial charge in [-0.05, 0) is 47.5 Å². The van der Waals surface area contributed by atoms with Crippen molar-refractivity contribution in [1.29, 1.82) is 0 Å². The van der Waals surface area contributed by atoms with Crippen molar-refractivity contribution in [3.8, 4) is 22.3 Å². The van der Waals surface area contributed by atoms with Gasteiger partial charge in [-0.3, -0.25) is 0 Å². The van der Waals surface area contributed by atoms with E-state index < -0.39 is 0 Å². The smallest absolute Gasteiger partial charge is 0.124 e. The van der Waals surface area contributed by atoms with Gasteiger partial charge < -0.3 is 4.40 Å². The summed E-state index contributed by atoms with van der Waals surface area (Å²) in [6.07, 6.45) is 0. The maximum atomic E-state index is 14.5. The van der Waals surface area contributed by atoms with Crippen molar-refractivity contribution in [3.05, 3.63) is 103 Å². The monoisotopic (exact) mass is 361 g/mol. The van der Waals surface area contributed by atoms with Crippen LogP contribution in [-0.2, 0) is 0 Å². The molecule has 6 rings (SSSR count). The molecule has 3 heterocycles. The number of benzene rings is 3. The van der Waals surface area contributed by atoms with Crippen LogP contribution in [0.5, 0.6) is 0 Å². The highest BCUT2D eigenvalue weighted by atomic mass is 19.1. The largest absolute Gasteiger partial charge is 0.308 e. The van der Waals surface area contributed by atoms with E-state index in [1.165, 1.54) is 0 Å². The summed E-state index contributed by atoms with van der Waals surface area (Å²) in [5.41, 5.74) is 7.85. The Morgan fingerprint density at radius 1 is 0.536 bits per heavy atom. The SMILES string of the molecule is Fc1cc2cc(-c3ccccc3)c3ccc4c(-c5ccccc5)cc(c1)c2n34. The van der Waals surface area contributed by atoms with Crippen LogP contribution < -0.4 is 0 Å². The maximum Gasteiger partial charge on any atom is 0.124 e. The van der Waals surface area contributed by atoms with Crippen molar-refractivity contribution in [2.45, 2.75) is 0 Å². The molecule has 0 saturated heterocycles. The van der Waals surface area contributed by atoms with Crippen LogP contribution in [0, 0.1) is 5.82 Å². The first-order chi connectivity index (χ1) is 13.8. The first-order valence-corrected chi connectivity index (χ1v) is 9.40. The van der Waals surface area contributed by atoms with Gasteiger partial charge in [0.25, 0.3) is 0 Å². The molecule has 3 aromatic carbocycles. The molecule has 0 radical (unpaired) electrons. The number of halogens is 1. The number of hydrogen-bond donors (Lipinski definition) is 0. The van der Waals surface area contributed by atoms with Crippen molar-refractivity contribution in [1.82, 2.24) is 4.40 Å². The Balaban J connectivity index is 1.83. The predicted molar refractivity (Wildman–Crippen MR) is 114 cm³/mol. The third-order valence-corrected chi connectivity index (χ3v) is 5.56. The molecule has 0 unspecified atom stereocenters. The minimum absolute atomic E-state index is 0.208. The van der Waals surface area contributed by atoms with Gasteiger partial charge >= 0.3 is 0 Å². The fourth-order valence-electron chi connectivity index (χ4n) is 4.38. The summed E-state index contributed by atoms with van der Waals surface area (Å²) in [4.78, 5) is 0. The Bertz CT molecular complexity index is 1340. The van der Waals surface area contributed by atoms with E-state index in [1.807, 2.05) is 36.4 Å². The molecule has 3 aromatic heterocycles. The highest BCUT2D eigenvalue weighted by molar-refractivity contribution is 6.07. The van der Waals surface area contributed by atoms with Crippen molar-refractivity contribution < 1.29 is 4.39 Å². The van der Waals surface area contributed by atoms with Gasteiger partial charge in [0.1, 0.15) is 5.82 Å². The summed E-state index contributed by atoms with van der Waals surface area (Å²) in [6, 6.07) is 32.4. The summed E-state index contributed by atoms with van der Waals surface area (Å²) < 4.78 is 16.7. The summed E-state index contributed by atoms with van der Waals surface area (Å²) in [7, 11) is 0. The van der Waals surface area contributed by atoms with Gasteiger partial charge in [-0.15, -0.1) is 0 Å². The highest BCUT2D eigenvalue weighted by Crippen LogP contribution is 2.39. The molecule has 28 heavy (non-hydrogen) atoms. The second-order valence-corrected chi connectivity index (χ2v) is 7.22. The number of pyridine rings is 2. The molecule has 0 amide bonds. The van der Waals surface area contributed by atoms with Crippen LogP contribution in [0.25, 0.3) is 49.6 Å². The number of rotatable bonds is 2. The molecule has 0 fully saturated rings. The zero-order chi connectivity index (χ0) is 18.7. The number of aromatic nitrogens is 1. The standard InChI is InChI=1S/C26H16FN/c27-21-13-19-15-22(17-7-3-1-4-8-17)24-11-12-25-23(18-9-5-2-6-10-18)16-20(14-21)26(19)28(24)25/h1-16H. The van der Waals surface area contributed by atoms with E-state index in [4.69, 9.17) is 0 Å². The molecule has 0 spiro atoms. The van der Waals surface area contributed by atoms with E-state index in [2.05, 4.69) is 52.9 Å². The fraction of sp³-hybridized carbons (Fsp3) is 0. The molecule has 0 aliphatic heterocycles. The highest BCUT2D eigenvalue weighted by Gasteiger charge is 2.17. The number of hydrogen-bond acceptors (Lipinski definition) is 0. The Hall–Kier alpha value is -3.65. The lowest BCUT2D eigenvalue weighted by Gasteiger charge is -2.16. The van der Waals surface area contributed by atoms with Crippen LogP contribution in [0.4, 0.5) is 4.39 Å². The molecule has 0 saturated carbocycles. The van der Waals surface area contributed by atoms with E-state index in [0.29, 0.717) is 0 Å². The van der Waals surface area contributed by atoms with Gasteiger partial charge in [0.2, 0.25) is 0 Å². The molecule has 0 N–H and O–H groups in total. The average molecular weight is 361 g/mol. The lowest BCUT2D eigenvalue weighted by Crippen LogP contribution is -1.97. The molecule has 0 atom stereocenters. The normalized spacial score (nSPS) is 11.8. The zero-order valence-corrected chi connectivity index (χ0v) is 15.1. The van der Waals surface area contributed by atoms with Crippen molar-refractivity contribution in [2.75, 3.05) is 0 Å². The van der Waals surface area contributed by atoms with Crippen LogP contribution in [0.1, 0.15) is 0 Å². The van der Waals surface area contributed by atoms with E-state index in [9.17, 15) is 4.39 Å². The minimum Gasteiger partial charge on any atom is -0.308 e. The lowest BCUT2D eigenvalue weighted by molar-refractivity contribution is 0.631. The van der Waals surface area contributed by atoms with Crippen molar-refractivity contribution in [2.24, 2.45) is 0 Å². The van der Waals surface area contributed by atoms with Crippen LogP contribution in [0.2, 0.25) is 0 Å². The third-order valence-electron chi connectivity index (χ3n) is 5.56. The molecule has 0 bridgehead atoms. The van der Waals surface area contributed by atoms with Gasteiger partial charge in [0.05, 0.1) is 16.6 Å². The first-order valence-electron chi connectivity index (χ1n) is 9.40. The molecule has 2 heteroatoms. The maximum absolute atomic E-state index is 14.5. The molecule has 0 aliphatic rings. The second kappa shape index (κ2) is 5.67. The van der Waals surface area contributed by atoms with Gasteiger partial charge in [0.15, 0.2) is 0 Å². The topological polar surface area (TPSA) is 4.41 Å². The fourth-order valence-corrected chi connectivity index (χ4v) is 4.38. The summed E-state index contributed by atoms with van der Waals surface area (Å²) in [6.45, 7) is 0. The zero-order valence-electron chi connectivity index (χ0n) is 15.1. The second-order valence-electron chi connectivity index (χ2n) is 7.22. The van der Waals surface area contributed by atoms with Gasteiger partial charge in [-0.1, -0.05) is 60.7 Å². The van der Waals surface area contributed by atoms with Crippen LogP contribution in [0.3, 0.4) is 0 Å². The predicted octanol–water partition coefficient (Wildman–Crippen LogP) is 7.16. The van der Waals surface area contributed by atoms with E-state index in [0.717, 1.165) is 49.6 Å². The first kappa shape index (κ1) is 15.4. The molecular weight excluding hydrogens is 345 g/mol.